The van der Waals surface area contributed by atoms with Gasteiger partial charge in [-0.05, 0) is 42.9 Å². The Morgan fingerprint density at radius 2 is 1.89 bits per heavy atom. The number of hydrogen-bond acceptors (Lipinski definition) is 2. The zero-order valence-electron chi connectivity index (χ0n) is 11.4. The molecular weight excluding hydrogens is 229 g/mol. The zero-order valence-corrected chi connectivity index (χ0v) is 11.4. The summed E-state index contributed by atoms with van der Waals surface area (Å²) in [5.74, 6) is 0.976. The largest absolute Gasteiger partial charge is 0.389 e. The van der Waals surface area contributed by atoms with Crippen molar-refractivity contribution in [2.75, 3.05) is 18.0 Å². The van der Waals surface area contributed by atoms with E-state index in [4.69, 9.17) is 0 Å². The summed E-state index contributed by atoms with van der Waals surface area (Å²) in [6, 6.07) is 5.05. The van der Waals surface area contributed by atoms with Gasteiger partial charge in [-0.25, -0.2) is 4.39 Å². The summed E-state index contributed by atoms with van der Waals surface area (Å²) in [4.78, 5) is 2.12. The first-order chi connectivity index (χ1) is 8.47. The minimum Gasteiger partial charge on any atom is -0.389 e. The van der Waals surface area contributed by atoms with Crippen LogP contribution in [0.25, 0.3) is 0 Å². The molecule has 1 aliphatic rings. The Labute approximate surface area is 108 Å². The summed E-state index contributed by atoms with van der Waals surface area (Å²) in [6.45, 7) is 7.90. The van der Waals surface area contributed by atoms with Crippen molar-refractivity contribution >= 4 is 5.69 Å². The van der Waals surface area contributed by atoms with Crippen LogP contribution in [-0.2, 0) is 0 Å². The van der Waals surface area contributed by atoms with E-state index in [0.717, 1.165) is 13.1 Å². The third kappa shape index (κ3) is 2.83. The summed E-state index contributed by atoms with van der Waals surface area (Å²) in [7, 11) is 0. The first-order valence-electron chi connectivity index (χ1n) is 6.69. The Bertz CT molecular complexity index is 409. The number of halogens is 1. The average molecular weight is 251 g/mol. The Kier molecular flexibility index (Phi) is 3.91. The maximum absolute atomic E-state index is 14.1. The molecule has 0 aromatic heterocycles. The van der Waals surface area contributed by atoms with E-state index in [-0.39, 0.29) is 5.82 Å². The van der Waals surface area contributed by atoms with Gasteiger partial charge < -0.3 is 10.0 Å². The topological polar surface area (TPSA) is 23.5 Å². The Morgan fingerprint density at radius 3 is 2.39 bits per heavy atom. The van der Waals surface area contributed by atoms with Crippen molar-refractivity contribution in [3.05, 3.63) is 29.6 Å². The number of rotatable bonds is 2. The number of piperidine rings is 1. The Hall–Kier alpha value is -1.09. The normalized spacial score (nSPS) is 26.2. The van der Waals surface area contributed by atoms with Gasteiger partial charge in [0.2, 0.25) is 0 Å². The van der Waals surface area contributed by atoms with Crippen LogP contribution in [-0.4, -0.2) is 18.2 Å². The molecule has 1 aromatic carbocycles. The van der Waals surface area contributed by atoms with E-state index < -0.39 is 6.10 Å². The SMILES string of the molecule is CC1CC(C)CN(c2ccc([C@@H](C)O)cc2F)C1. The molecule has 1 N–H and O–H groups in total. The number of aliphatic hydroxyl groups is 1. The van der Waals surface area contributed by atoms with Crippen LogP contribution >= 0.6 is 0 Å². The standard InChI is InChI=1S/C15H22FNO/c1-10-6-11(2)9-17(8-10)15-5-4-13(12(3)18)7-14(15)16/h4-5,7,10-12,18H,6,8-9H2,1-3H3/t10?,11?,12-/m1/s1. The quantitative estimate of drug-likeness (QED) is 0.871. The van der Waals surface area contributed by atoms with Crippen LogP contribution in [0.15, 0.2) is 18.2 Å². The highest BCUT2D eigenvalue weighted by atomic mass is 19.1. The van der Waals surface area contributed by atoms with Crippen LogP contribution in [0.5, 0.6) is 0 Å². The van der Waals surface area contributed by atoms with E-state index in [1.807, 2.05) is 6.07 Å². The Balaban J connectivity index is 2.22. The van der Waals surface area contributed by atoms with Crippen LogP contribution in [0.4, 0.5) is 10.1 Å². The number of aliphatic hydroxyl groups excluding tert-OH is 1. The zero-order chi connectivity index (χ0) is 13.3. The van der Waals surface area contributed by atoms with E-state index in [9.17, 15) is 9.50 Å². The second-order valence-corrected chi connectivity index (χ2v) is 5.74. The van der Waals surface area contributed by atoms with Crippen LogP contribution in [0.3, 0.4) is 0 Å². The van der Waals surface area contributed by atoms with Crippen molar-refractivity contribution in [2.24, 2.45) is 11.8 Å². The van der Waals surface area contributed by atoms with Gasteiger partial charge >= 0.3 is 0 Å². The number of hydrogen-bond donors (Lipinski definition) is 1. The second kappa shape index (κ2) is 5.27. The maximum Gasteiger partial charge on any atom is 0.146 e. The third-order valence-corrected chi connectivity index (χ3v) is 3.66. The highest BCUT2D eigenvalue weighted by Gasteiger charge is 2.23. The first kappa shape index (κ1) is 13.3. The lowest BCUT2D eigenvalue weighted by molar-refractivity contribution is 0.199. The smallest absolute Gasteiger partial charge is 0.146 e. The molecule has 0 spiro atoms. The molecule has 2 nitrogen and oxygen atoms in total. The number of nitrogens with zero attached hydrogens (tertiary/aromatic N) is 1. The molecule has 100 valence electrons. The van der Waals surface area contributed by atoms with Crippen molar-refractivity contribution in [2.45, 2.75) is 33.3 Å². The highest BCUT2D eigenvalue weighted by molar-refractivity contribution is 5.50. The first-order valence-corrected chi connectivity index (χ1v) is 6.69. The molecule has 1 aliphatic heterocycles. The molecule has 0 amide bonds. The van der Waals surface area contributed by atoms with Gasteiger partial charge in [0.15, 0.2) is 0 Å². The van der Waals surface area contributed by atoms with Gasteiger partial charge in [-0.3, -0.25) is 0 Å². The maximum atomic E-state index is 14.1. The fraction of sp³-hybridized carbons (Fsp3) is 0.600. The van der Waals surface area contributed by atoms with Crippen LogP contribution in [0.2, 0.25) is 0 Å². The molecule has 0 aliphatic carbocycles. The minimum absolute atomic E-state index is 0.227. The fourth-order valence-electron chi connectivity index (χ4n) is 2.90. The minimum atomic E-state index is -0.618. The van der Waals surface area contributed by atoms with Gasteiger partial charge in [0.25, 0.3) is 0 Å². The van der Waals surface area contributed by atoms with Gasteiger partial charge in [0.1, 0.15) is 5.82 Å². The lowest BCUT2D eigenvalue weighted by atomic mass is 9.91. The van der Waals surface area contributed by atoms with Crippen LogP contribution in [0.1, 0.15) is 38.9 Å². The van der Waals surface area contributed by atoms with E-state index in [1.165, 1.54) is 12.5 Å². The lowest BCUT2D eigenvalue weighted by Crippen LogP contribution is -2.39. The molecule has 0 saturated carbocycles. The predicted octanol–water partition coefficient (Wildman–Crippen LogP) is 3.36. The summed E-state index contributed by atoms with van der Waals surface area (Å²) >= 11 is 0. The van der Waals surface area contributed by atoms with E-state index in [0.29, 0.717) is 23.1 Å². The summed E-state index contributed by atoms with van der Waals surface area (Å²) in [5.41, 5.74) is 1.30. The van der Waals surface area contributed by atoms with Crippen molar-refractivity contribution in [3.8, 4) is 0 Å². The summed E-state index contributed by atoms with van der Waals surface area (Å²) in [6.07, 6.45) is 0.594. The average Bonchev–Trinajstić information content (AvgIpc) is 2.27. The van der Waals surface area contributed by atoms with E-state index in [1.54, 1.807) is 13.0 Å². The predicted molar refractivity (Wildman–Crippen MR) is 72.2 cm³/mol. The van der Waals surface area contributed by atoms with E-state index >= 15 is 0 Å². The number of benzene rings is 1. The molecule has 3 heteroatoms. The Morgan fingerprint density at radius 1 is 1.28 bits per heavy atom. The van der Waals surface area contributed by atoms with Crippen molar-refractivity contribution in [3.63, 3.8) is 0 Å². The second-order valence-electron chi connectivity index (χ2n) is 5.74. The fourth-order valence-corrected chi connectivity index (χ4v) is 2.90. The van der Waals surface area contributed by atoms with Crippen molar-refractivity contribution in [1.82, 2.24) is 0 Å². The molecule has 2 rings (SSSR count). The van der Waals surface area contributed by atoms with Crippen LogP contribution in [0, 0.1) is 17.7 Å². The molecule has 1 fully saturated rings. The molecular formula is C15H22FNO. The van der Waals surface area contributed by atoms with Crippen molar-refractivity contribution < 1.29 is 9.50 Å². The molecule has 18 heavy (non-hydrogen) atoms. The molecule has 1 aromatic rings. The summed E-state index contributed by atoms with van der Waals surface area (Å²) < 4.78 is 14.1. The molecule has 1 saturated heterocycles. The van der Waals surface area contributed by atoms with Gasteiger partial charge in [0, 0.05) is 13.1 Å². The van der Waals surface area contributed by atoms with Gasteiger partial charge in [0.05, 0.1) is 11.8 Å². The summed E-state index contributed by atoms with van der Waals surface area (Å²) in [5, 5.41) is 9.45. The number of anilines is 1. The molecule has 0 bridgehead atoms. The monoisotopic (exact) mass is 251 g/mol. The molecule has 3 atom stereocenters. The highest BCUT2D eigenvalue weighted by Crippen LogP contribution is 2.29. The van der Waals surface area contributed by atoms with Gasteiger partial charge in [-0.15, -0.1) is 0 Å². The molecule has 1 heterocycles. The molecule has 0 radical (unpaired) electrons. The molecule has 2 unspecified atom stereocenters. The third-order valence-electron chi connectivity index (χ3n) is 3.66. The lowest BCUT2D eigenvalue weighted by Gasteiger charge is -2.36. The van der Waals surface area contributed by atoms with Crippen molar-refractivity contribution in [1.29, 1.82) is 0 Å². The van der Waals surface area contributed by atoms with Crippen LogP contribution < -0.4 is 4.90 Å². The van der Waals surface area contributed by atoms with E-state index in [2.05, 4.69) is 18.7 Å². The van der Waals surface area contributed by atoms with Gasteiger partial charge in [-0.1, -0.05) is 19.9 Å². The van der Waals surface area contributed by atoms with Gasteiger partial charge in [-0.2, -0.15) is 0 Å².